The number of aromatic amines is 1. The van der Waals surface area contributed by atoms with Crippen LogP contribution in [0.25, 0.3) is 11.1 Å². The van der Waals surface area contributed by atoms with Crippen molar-refractivity contribution in [3.63, 3.8) is 0 Å². The van der Waals surface area contributed by atoms with Gasteiger partial charge in [0.15, 0.2) is 0 Å². The molecule has 1 aromatic heterocycles. The third-order valence-corrected chi connectivity index (χ3v) is 4.06. The van der Waals surface area contributed by atoms with Crippen LogP contribution in [0.4, 0.5) is 0 Å². The Morgan fingerprint density at radius 1 is 1.33 bits per heavy atom. The van der Waals surface area contributed by atoms with Crippen molar-refractivity contribution in [3.8, 4) is 16.9 Å². The molecule has 0 aliphatic carbocycles. The normalized spacial score (nSPS) is 23.4. The highest BCUT2D eigenvalue weighted by molar-refractivity contribution is 5.62. The number of hydrogen-bond acceptors (Lipinski definition) is 6. The van der Waals surface area contributed by atoms with E-state index < -0.39 is 29.7 Å². The summed E-state index contributed by atoms with van der Waals surface area (Å²) >= 11 is 0. The summed E-state index contributed by atoms with van der Waals surface area (Å²) in [5, 5.41) is 19.0. The molecule has 3 N–H and O–H groups in total. The largest absolute Gasteiger partial charge is 0.497 e. The molecule has 0 spiro atoms. The Labute approximate surface area is 136 Å². The SMILES string of the molecule is COc1ccc(-c2cn(C3CC(O)C(CO)O3)c(=O)[nH]c2=O)cc1. The number of aromatic nitrogens is 2. The fourth-order valence-electron chi connectivity index (χ4n) is 2.73. The minimum atomic E-state index is -0.872. The van der Waals surface area contributed by atoms with Crippen LogP contribution in [0.5, 0.6) is 5.75 Å². The first-order valence-electron chi connectivity index (χ1n) is 7.47. The van der Waals surface area contributed by atoms with E-state index in [9.17, 15) is 14.7 Å². The van der Waals surface area contributed by atoms with E-state index in [-0.39, 0.29) is 13.0 Å². The molecule has 0 saturated carbocycles. The van der Waals surface area contributed by atoms with E-state index in [4.69, 9.17) is 14.6 Å². The Balaban J connectivity index is 2.00. The molecule has 1 fully saturated rings. The second kappa shape index (κ2) is 6.60. The molecule has 3 rings (SSSR count). The van der Waals surface area contributed by atoms with Crippen molar-refractivity contribution < 1.29 is 19.7 Å². The average molecular weight is 334 g/mol. The minimum Gasteiger partial charge on any atom is -0.497 e. The molecule has 8 heteroatoms. The van der Waals surface area contributed by atoms with Crippen LogP contribution in [0.3, 0.4) is 0 Å². The van der Waals surface area contributed by atoms with Crippen molar-refractivity contribution in [1.29, 1.82) is 0 Å². The fraction of sp³-hybridized carbons (Fsp3) is 0.375. The summed E-state index contributed by atoms with van der Waals surface area (Å²) in [6.45, 7) is -0.346. The maximum atomic E-state index is 12.1. The van der Waals surface area contributed by atoms with Crippen molar-refractivity contribution >= 4 is 0 Å². The lowest BCUT2D eigenvalue weighted by atomic mass is 10.1. The summed E-state index contributed by atoms with van der Waals surface area (Å²) in [6, 6.07) is 6.84. The predicted molar refractivity (Wildman–Crippen MR) is 84.9 cm³/mol. The van der Waals surface area contributed by atoms with E-state index in [2.05, 4.69) is 4.98 Å². The number of aliphatic hydroxyl groups excluding tert-OH is 2. The summed E-state index contributed by atoms with van der Waals surface area (Å²) in [4.78, 5) is 26.4. The number of hydrogen-bond donors (Lipinski definition) is 3. The number of benzene rings is 1. The number of rotatable bonds is 4. The molecule has 3 atom stereocenters. The van der Waals surface area contributed by atoms with Crippen molar-refractivity contribution in [3.05, 3.63) is 51.3 Å². The number of methoxy groups -OCH3 is 1. The zero-order chi connectivity index (χ0) is 17.3. The van der Waals surface area contributed by atoms with Crippen molar-refractivity contribution in [2.45, 2.75) is 24.9 Å². The first kappa shape index (κ1) is 16.4. The Hall–Kier alpha value is -2.42. The molecule has 1 aromatic carbocycles. The molecule has 8 nitrogen and oxygen atoms in total. The van der Waals surface area contributed by atoms with E-state index in [1.54, 1.807) is 31.4 Å². The topological polar surface area (TPSA) is 114 Å². The summed E-state index contributed by atoms with van der Waals surface area (Å²) in [5.41, 5.74) is -0.238. The Morgan fingerprint density at radius 3 is 2.62 bits per heavy atom. The number of nitrogens with one attached hydrogen (secondary N) is 1. The average Bonchev–Trinajstić information content (AvgIpc) is 2.96. The molecule has 2 aromatic rings. The maximum Gasteiger partial charge on any atom is 0.330 e. The monoisotopic (exact) mass is 334 g/mol. The van der Waals surface area contributed by atoms with Crippen LogP contribution in [0.1, 0.15) is 12.6 Å². The first-order chi connectivity index (χ1) is 11.5. The summed E-state index contributed by atoms with van der Waals surface area (Å²) in [7, 11) is 1.54. The van der Waals surface area contributed by atoms with Gasteiger partial charge in [-0.2, -0.15) is 0 Å². The third kappa shape index (κ3) is 2.99. The highest BCUT2D eigenvalue weighted by atomic mass is 16.5. The molecule has 24 heavy (non-hydrogen) atoms. The molecule has 0 radical (unpaired) electrons. The van der Waals surface area contributed by atoms with Crippen LogP contribution < -0.4 is 16.0 Å². The molecule has 1 saturated heterocycles. The summed E-state index contributed by atoms with van der Waals surface area (Å²) in [6.07, 6.45) is -0.820. The van der Waals surface area contributed by atoms with Gasteiger partial charge in [-0.25, -0.2) is 4.79 Å². The standard InChI is InChI=1S/C16H18N2O6/c1-23-10-4-2-9(3-5-10)11-7-18(16(22)17-15(11)21)14-6-12(20)13(8-19)24-14/h2-5,7,12-14,19-20H,6,8H2,1H3,(H,17,21,22). The number of H-pyrrole nitrogens is 1. The lowest BCUT2D eigenvalue weighted by molar-refractivity contribution is -0.0458. The third-order valence-electron chi connectivity index (χ3n) is 4.06. The van der Waals surface area contributed by atoms with Crippen LogP contribution >= 0.6 is 0 Å². The van der Waals surface area contributed by atoms with Gasteiger partial charge in [0.1, 0.15) is 18.1 Å². The number of nitrogens with zero attached hydrogens (tertiary/aromatic N) is 1. The van der Waals surface area contributed by atoms with Gasteiger partial charge in [-0.1, -0.05) is 12.1 Å². The van der Waals surface area contributed by atoms with Gasteiger partial charge >= 0.3 is 5.69 Å². The van der Waals surface area contributed by atoms with Crippen LogP contribution in [-0.4, -0.2) is 45.7 Å². The first-order valence-corrected chi connectivity index (χ1v) is 7.47. The molecule has 1 aliphatic rings. The Bertz CT molecular complexity index is 826. The predicted octanol–water partition coefficient (Wildman–Crippen LogP) is -0.147. The zero-order valence-corrected chi connectivity index (χ0v) is 13.0. The van der Waals surface area contributed by atoms with Crippen LogP contribution in [0.2, 0.25) is 0 Å². The van der Waals surface area contributed by atoms with Crippen LogP contribution in [-0.2, 0) is 4.74 Å². The minimum absolute atomic E-state index is 0.152. The lowest BCUT2D eigenvalue weighted by Crippen LogP contribution is -2.33. The zero-order valence-electron chi connectivity index (χ0n) is 13.0. The molecule has 0 bridgehead atoms. The van der Waals surface area contributed by atoms with Crippen LogP contribution in [0.15, 0.2) is 40.1 Å². The molecule has 3 unspecified atom stereocenters. The van der Waals surface area contributed by atoms with E-state index in [1.165, 1.54) is 10.8 Å². The van der Waals surface area contributed by atoms with E-state index in [1.807, 2.05) is 0 Å². The Morgan fingerprint density at radius 2 is 2.04 bits per heavy atom. The molecule has 1 aliphatic heterocycles. The molecular formula is C16H18N2O6. The van der Waals surface area contributed by atoms with Gasteiger partial charge in [-0.15, -0.1) is 0 Å². The Kier molecular flexibility index (Phi) is 4.52. The highest BCUT2D eigenvalue weighted by Gasteiger charge is 2.35. The maximum absolute atomic E-state index is 12.1. The number of aliphatic hydroxyl groups is 2. The van der Waals surface area contributed by atoms with Gasteiger partial charge in [-0.05, 0) is 17.7 Å². The highest BCUT2D eigenvalue weighted by Crippen LogP contribution is 2.28. The van der Waals surface area contributed by atoms with E-state index in [0.717, 1.165) is 0 Å². The van der Waals surface area contributed by atoms with Gasteiger partial charge in [0.25, 0.3) is 5.56 Å². The molecular weight excluding hydrogens is 316 g/mol. The number of ether oxygens (including phenoxy) is 2. The molecule has 128 valence electrons. The van der Waals surface area contributed by atoms with Gasteiger partial charge in [0, 0.05) is 12.6 Å². The second-order valence-electron chi connectivity index (χ2n) is 5.55. The second-order valence-corrected chi connectivity index (χ2v) is 5.55. The quantitative estimate of drug-likeness (QED) is 0.717. The van der Waals surface area contributed by atoms with Gasteiger partial charge in [0.05, 0.1) is 25.4 Å². The molecule has 2 heterocycles. The lowest BCUT2D eigenvalue weighted by Gasteiger charge is -2.15. The summed E-state index contributed by atoms with van der Waals surface area (Å²) in [5.74, 6) is 0.650. The van der Waals surface area contributed by atoms with Gasteiger partial charge < -0.3 is 19.7 Å². The van der Waals surface area contributed by atoms with Gasteiger partial charge in [-0.3, -0.25) is 14.3 Å². The van der Waals surface area contributed by atoms with Gasteiger partial charge in [0.2, 0.25) is 0 Å². The smallest absolute Gasteiger partial charge is 0.330 e. The molecule has 0 amide bonds. The fourth-order valence-corrected chi connectivity index (χ4v) is 2.73. The van der Waals surface area contributed by atoms with E-state index >= 15 is 0 Å². The van der Waals surface area contributed by atoms with Crippen LogP contribution in [0, 0.1) is 0 Å². The summed E-state index contributed by atoms with van der Waals surface area (Å²) < 4.78 is 11.8. The van der Waals surface area contributed by atoms with Crippen molar-refractivity contribution in [2.24, 2.45) is 0 Å². The van der Waals surface area contributed by atoms with Crippen molar-refractivity contribution in [2.75, 3.05) is 13.7 Å². The van der Waals surface area contributed by atoms with E-state index in [0.29, 0.717) is 16.9 Å². The van der Waals surface area contributed by atoms with Crippen molar-refractivity contribution in [1.82, 2.24) is 9.55 Å².